The van der Waals surface area contributed by atoms with E-state index in [4.69, 9.17) is 4.52 Å². The fourth-order valence-electron chi connectivity index (χ4n) is 3.38. The molecule has 3 heterocycles. The largest absolute Gasteiger partial charge is 0.364 e. The third-order valence-corrected chi connectivity index (χ3v) is 6.31. The van der Waals surface area contributed by atoms with E-state index in [0.29, 0.717) is 12.2 Å². The van der Waals surface area contributed by atoms with Gasteiger partial charge in [-0.05, 0) is 25.0 Å². The lowest BCUT2D eigenvalue weighted by Gasteiger charge is -2.23. The summed E-state index contributed by atoms with van der Waals surface area (Å²) >= 11 is 0. The van der Waals surface area contributed by atoms with E-state index in [-0.39, 0.29) is 11.8 Å². The molecule has 2 aromatic heterocycles. The molecule has 0 bridgehead atoms. The Morgan fingerprint density at radius 2 is 2.12 bits per heavy atom. The third kappa shape index (κ3) is 2.51. The minimum atomic E-state index is -3.48. The molecule has 1 aliphatic rings. The van der Waals surface area contributed by atoms with Gasteiger partial charge in [0.05, 0.1) is 22.8 Å². The molecule has 4 rings (SSSR count). The number of benzene rings is 1. The van der Waals surface area contributed by atoms with E-state index < -0.39 is 10.0 Å². The predicted octanol–water partition coefficient (Wildman–Crippen LogP) is 2.23. The number of nitrogens with zero attached hydrogens (tertiary/aromatic N) is 4. The van der Waals surface area contributed by atoms with Crippen molar-refractivity contribution >= 4 is 21.1 Å². The Hall–Kier alpha value is -2.19. The molecule has 0 saturated carbocycles. The van der Waals surface area contributed by atoms with Crippen molar-refractivity contribution in [2.75, 3.05) is 6.54 Å². The van der Waals surface area contributed by atoms with Crippen LogP contribution in [-0.4, -0.2) is 34.0 Å². The second-order valence-electron chi connectivity index (χ2n) is 6.03. The Balaban J connectivity index is 1.70. The lowest BCUT2D eigenvalue weighted by atomic mass is 10.2. The first-order chi connectivity index (χ1) is 11.6. The van der Waals surface area contributed by atoms with Crippen molar-refractivity contribution in [3.05, 3.63) is 48.1 Å². The summed E-state index contributed by atoms with van der Waals surface area (Å²) in [6.45, 7) is 0.508. The summed E-state index contributed by atoms with van der Waals surface area (Å²) in [6, 6.07) is 9.18. The SMILES string of the molecule is Cn1c(C2CCCN2S(=O)(=O)Cc2ccon2)nc2ccccc21. The summed E-state index contributed by atoms with van der Waals surface area (Å²) in [5, 5.41) is 3.72. The van der Waals surface area contributed by atoms with Gasteiger partial charge in [-0.3, -0.25) is 0 Å². The highest BCUT2D eigenvalue weighted by molar-refractivity contribution is 7.88. The quantitative estimate of drug-likeness (QED) is 0.723. The van der Waals surface area contributed by atoms with Crippen LogP contribution in [0.2, 0.25) is 0 Å². The molecule has 0 spiro atoms. The predicted molar refractivity (Wildman–Crippen MR) is 88.5 cm³/mol. The molecule has 0 radical (unpaired) electrons. The normalized spacial score (nSPS) is 19.3. The third-order valence-electron chi connectivity index (χ3n) is 4.50. The average molecular weight is 346 g/mol. The number of fused-ring (bicyclic) bond motifs is 1. The van der Waals surface area contributed by atoms with Crippen LogP contribution in [0.25, 0.3) is 11.0 Å². The number of hydrogen-bond donors (Lipinski definition) is 0. The van der Waals surface area contributed by atoms with Crippen LogP contribution in [0.3, 0.4) is 0 Å². The topological polar surface area (TPSA) is 81.2 Å². The van der Waals surface area contributed by atoms with Gasteiger partial charge in [0.1, 0.15) is 17.8 Å². The van der Waals surface area contributed by atoms with E-state index in [9.17, 15) is 8.42 Å². The molecular formula is C16H18N4O3S. The van der Waals surface area contributed by atoms with Crippen LogP contribution < -0.4 is 0 Å². The molecule has 1 aliphatic heterocycles. The molecule has 1 fully saturated rings. The van der Waals surface area contributed by atoms with Gasteiger partial charge in [0.15, 0.2) is 0 Å². The maximum atomic E-state index is 12.8. The highest BCUT2D eigenvalue weighted by Crippen LogP contribution is 2.35. The number of hydrogen-bond acceptors (Lipinski definition) is 5. The number of para-hydroxylation sites is 2. The van der Waals surface area contributed by atoms with Crippen LogP contribution in [0.4, 0.5) is 0 Å². The second-order valence-corrected chi connectivity index (χ2v) is 7.96. The molecule has 126 valence electrons. The molecule has 24 heavy (non-hydrogen) atoms. The van der Waals surface area contributed by atoms with E-state index in [1.165, 1.54) is 6.26 Å². The van der Waals surface area contributed by atoms with Gasteiger partial charge in [-0.1, -0.05) is 17.3 Å². The van der Waals surface area contributed by atoms with Crippen molar-refractivity contribution < 1.29 is 12.9 Å². The summed E-state index contributed by atoms with van der Waals surface area (Å²) in [4.78, 5) is 4.68. The van der Waals surface area contributed by atoms with Crippen LogP contribution in [-0.2, 0) is 22.8 Å². The molecule has 8 heteroatoms. The molecule has 3 aromatic rings. The lowest BCUT2D eigenvalue weighted by molar-refractivity contribution is 0.375. The van der Waals surface area contributed by atoms with Crippen molar-refractivity contribution in [3.63, 3.8) is 0 Å². The fourth-order valence-corrected chi connectivity index (χ4v) is 5.06. The molecule has 0 aliphatic carbocycles. The molecule has 1 saturated heterocycles. The second kappa shape index (κ2) is 5.71. The minimum Gasteiger partial charge on any atom is -0.364 e. The van der Waals surface area contributed by atoms with Gasteiger partial charge >= 0.3 is 0 Å². The van der Waals surface area contributed by atoms with Crippen LogP contribution in [0.5, 0.6) is 0 Å². The van der Waals surface area contributed by atoms with Crippen molar-refractivity contribution in [1.29, 1.82) is 0 Å². The Bertz CT molecular complexity index is 963. The zero-order valence-corrected chi connectivity index (χ0v) is 14.1. The summed E-state index contributed by atoms with van der Waals surface area (Å²) in [5.41, 5.74) is 2.31. The van der Waals surface area contributed by atoms with E-state index in [1.807, 2.05) is 35.9 Å². The standard InChI is InChI=1S/C16H18N4O3S/c1-19-14-6-3-2-5-13(14)17-16(19)15-7-4-9-20(15)24(21,22)11-12-8-10-23-18-12/h2-3,5-6,8,10,15H,4,7,9,11H2,1H3. The number of sulfonamides is 1. The van der Waals surface area contributed by atoms with Gasteiger partial charge in [-0.25, -0.2) is 13.4 Å². The summed E-state index contributed by atoms with van der Waals surface area (Å²) in [5.74, 6) is 0.640. The Morgan fingerprint density at radius 1 is 1.29 bits per heavy atom. The molecule has 7 nitrogen and oxygen atoms in total. The first kappa shape index (κ1) is 15.3. The zero-order chi connectivity index (χ0) is 16.7. The summed E-state index contributed by atoms with van der Waals surface area (Å²) in [6.07, 6.45) is 2.99. The number of aromatic nitrogens is 3. The van der Waals surface area contributed by atoms with E-state index in [1.54, 1.807) is 10.4 Å². The van der Waals surface area contributed by atoms with E-state index in [0.717, 1.165) is 29.7 Å². The first-order valence-electron chi connectivity index (χ1n) is 7.86. The summed E-state index contributed by atoms with van der Waals surface area (Å²) < 4.78 is 33.9. The van der Waals surface area contributed by atoms with Crippen molar-refractivity contribution in [3.8, 4) is 0 Å². The van der Waals surface area contributed by atoms with Gasteiger partial charge in [0, 0.05) is 19.7 Å². The van der Waals surface area contributed by atoms with Crippen molar-refractivity contribution in [2.24, 2.45) is 7.05 Å². The first-order valence-corrected chi connectivity index (χ1v) is 9.47. The smallest absolute Gasteiger partial charge is 0.220 e. The van der Waals surface area contributed by atoms with Crippen molar-refractivity contribution in [1.82, 2.24) is 19.0 Å². The van der Waals surface area contributed by atoms with Crippen LogP contribution in [0, 0.1) is 0 Å². The maximum Gasteiger partial charge on any atom is 0.220 e. The van der Waals surface area contributed by atoms with E-state index in [2.05, 4.69) is 10.1 Å². The van der Waals surface area contributed by atoms with Gasteiger partial charge in [-0.2, -0.15) is 4.31 Å². The highest BCUT2D eigenvalue weighted by atomic mass is 32.2. The number of imidazole rings is 1. The lowest BCUT2D eigenvalue weighted by Crippen LogP contribution is -2.33. The van der Waals surface area contributed by atoms with Crippen LogP contribution in [0.15, 0.2) is 41.1 Å². The molecule has 0 amide bonds. The van der Waals surface area contributed by atoms with Gasteiger partial charge in [-0.15, -0.1) is 0 Å². The average Bonchev–Trinajstić information content (AvgIpc) is 3.27. The molecular weight excluding hydrogens is 328 g/mol. The van der Waals surface area contributed by atoms with Gasteiger partial charge in [0.25, 0.3) is 0 Å². The monoisotopic (exact) mass is 346 g/mol. The zero-order valence-electron chi connectivity index (χ0n) is 13.3. The number of rotatable bonds is 4. The molecule has 1 aromatic carbocycles. The highest BCUT2D eigenvalue weighted by Gasteiger charge is 2.38. The molecule has 0 N–H and O–H groups in total. The van der Waals surface area contributed by atoms with E-state index >= 15 is 0 Å². The molecule has 1 atom stereocenters. The van der Waals surface area contributed by atoms with Crippen LogP contribution >= 0.6 is 0 Å². The Kier molecular flexibility index (Phi) is 3.65. The van der Waals surface area contributed by atoms with Crippen LogP contribution in [0.1, 0.15) is 30.4 Å². The summed E-state index contributed by atoms with van der Waals surface area (Å²) in [7, 11) is -1.54. The number of aryl methyl sites for hydroxylation is 1. The van der Waals surface area contributed by atoms with Crippen molar-refractivity contribution in [2.45, 2.75) is 24.6 Å². The minimum absolute atomic E-state index is 0.149. The maximum absolute atomic E-state index is 12.8. The Morgan fingerprint density at radius 3 is 2.88 bits per heavy atom. The van der Waals surface area contributed by atoms with Gasteiger partial charge in [0.2, 0.25) is 10.0 Å². The molecule has 1 unspecified atom stereocenters. The Labute approximate surface area is 139 Å². The fraction of sp³-hybridized carbons (Fsp3) is 0.375. The van der Waals surface area contributed by atoms with Gasteiger partial charge < -0.3 is 9.09 Å².